The normalized spacial score (nSPS) is 23.0. The summed E-state index contributed by atoms with van der Waals surface area (Å²) >= 11 is 0. The molecule has 1 fully saturated rings. The zero-order valence-corrected chi connectivity index (χ0v) is 16.3. The molecule has 1 saturated carbocycles. The fraction of sp³-hybridized carbons (Fsp3) is 0.476. The summed E-state index contributed by atoms with van der Waals surface area (Å²) in [5, 5.41) is 2.70. The molecule has 6 nitrogen and oxygen atoms in total. The van der Waals surface area contributed by atoms with E-state index in [1.165, 1.54) is 11.1 Å². The van der Waals surface area contributed by atoms with Crippen LogP contribution in [0.5, 0.6) is 0 Å². The van der Waals surface area contributed by atoms with Gasteiger partial charge in [0.05, 0.1) is 21.8 Å². The van der Waals surface area contributed by atoms with Crippen molar-refractivity contribution in [3.05, 3.63) is 51.3 Å². The number of nitrogens with zero attached hydrogens (tertiary/aromatic N) is 4. The van der Waals surface area contributed by atoms with E-state index in [1.54, 1.807) is 31.4 Å². The molecule has 6 heteroatoms. The molecule has 3 aromatic rings. The van der Waals surface area contributed by atoms with E-state index in [4.69, 9.17) is 0 Å². The molecule has 0 N–H and O–H groups in total. The van der Waals surface area contributed by atoms with Gasteiger partial charge in [-0.15, -0.1) is 0 Å². The summed E-state index contributed by atoms with van der Waals surface area (Å²) < 4.78 is 3.38. The van der Waals surface area contributed by atoms with Crippen LogP contribution in [-0.2, 0) is 0 Å². The van der Waals surface area contributed by atoms with Crippen LogP contribution in [0.2, 0.25) is 0 Å². The lowest BCUT2D eigenvalue weighted by Crippen LogP contribution is -2.35. The van der Waals surface area contributed by atoms with Crippen LogP contribution in [-0.4, -0.2) is 28.3 Å². The van der Waals surface area contributed by atoms with Gasteiger partial charge in [-0.3, -0.25) is 9.59 Å². The topological polar surface area (TPSA) is 60.1 Å². The van der Waals surface area contributed by atoms with E-state index < -0.39 is 0 Å². The Balaban J connectivity index is 1.94. The van der Waals surface area contributed by atoms with Gasteiger partial charge in [-0.25, -0.2) is 9.66 Å². The predicted molar refractivity (Wildman–Crippen MR) is 109 cm³/mol. The first-order valence-corrected chi connectivity index (χ1v) is 9.63. The van der Waals surface area contributed by atoms with Gasteiger partial charge in [0.15, 0.2) is 0 Å². The first-order valence-electron chi connectivity index (χ1n) is 9.63. The highest BCUT2D eigenvalue weighted by atomic mass is 16.1. The van der Waals surface area contributed by atoms with Crippen molar-refractivity contribution in [1.29, 1.82) is 0 Å². The van der Waals surface area contributed by atoms with Crippen LogP contribution in [0.3, 0.4) is 0 Å². The Morgan fingerprint density at radius 3 is 2.37 bits per heavy atom. The summed E-state index contributed by atoms with van der Waals surface area (Å²) in [5.74, 6) is 1.06. The maximum absolute atomic E-state index is 13.3. The Kier molecular flexibility index (Phi) is 4.29. The predicted octanol–water partition coefficient (Wildman–Crippen LogP) is 2.91. The molecular weight excluding hydrogens is 340 g/mol. The monoisotopic (exact) mass is 366 g/mol. The van der Waals surface area contributed by atoms with Gasteiger partial charge in [0.2, 0.25) is 0 Å². The van der Waals surface area contributed by atoms with Crippen molar-refractivity contribution in [2.45, 2.75) is 39.2 Å². The summed E-state index contributed by atoms with van der Waals surface area (Å²) in [7, 11) is 3.61. The summed E-state index contributed by atoms with van der Waals surface area (Å²) in [6, 6.07) is 5.64. The van der Waals surface area contributed by atoms with Gasteiger partial charge in [-0.05, 0) is 36.5 Å². The van der Waals surface area contributed by atoms with Gasteiger partial charge >= 0.3 is 0 Å². The van der Waals surface area contributed by atoms with Crippen LogP contribution in [0.4, 0.5) is 0 Å². The highest BCUT2D eigenvalue weighted by Gasteiger charge is 2.29. The van der Waals surface area contributed by atoms with Gasteiger partial charge in [0.25, 0.3) is 11.1 Å². The van der Waals surface area contributed by atoms with Gasteiger partial charge in [0, 0.05) is 32.5 Å². The second kappa shape index (κ2) is 6.51. The molecule has 0 saturated heterocycles. The van der Waals surface area contributed by atoms with Crippen molar-refractivity contribution >= 4 is 21.8 Å². The van der Waals surface area contributed by atoms with Crippen LogP contribution in [0, 0.1) is 11.8 Å². The summed E-state index contributed by atoms with van der Waals surface area (Å²) in [6.07, 6.45) is 6.96. The Bertz CT molecular complexity index is 1130. The van der Waals surface area contributed by atoms with Crippen molar-refractivity contribution in [2.75, 3.05) is 19.1 Å². The smallest absolute Gasteiger partial charge is 0.278 e. The number of aromatic nitrogens is 3. The van der Waals surface area contributed by atoms with E-state index in [1.807, 2.05) is 22.9 Å². The number of fused-ring (bicyclic) bond motifs is 2. The van der Waals surface area contributed by atoms with Crippen molar-refractivity contribution in [3.63, 3.8) is 0 Å². The van der Waals surface area contributed by atoms with Crippen molar-refractivity contribution in [2.24, 2.45) is 11.8 Å². The molecule has 0 radical (unpaired) electrons. The molecule has 1 aliphatic rings. The average molecular weight is 366 g/mol. The van der Waals surface area contributed by atoms with Gasteiger partial charge in [-0.2, -0.15) is 0 Å². The quantitative estimate of drug-likeness (QED) is 0.655. The van der Waals surface area contributed by atoms with Crippen molar-refractivity contribution < 1.29 is 0 Å². The first-order chi connectivity index (χ1) is 12.9. The van der Waals surface area contributed by atoms with Crippen molar-refractivity contribution in [1.82, 2.24) is 14.2 Å². The molecule has 0 spiro atoms. The molecule has 3 heterocycles. The third kappa shape index (κ3) is 2.83. The number of rotatable bonds is 2. The molecule has 0 unspecified atom stereocenters. The third-order valence-electron chi connectivity index (χ3n) is 6.20. The zero-order chi connectivity index (χ0) is 19.3. The van der Waals surface area contributed by atoms with Gasteiger partial charge in [0.1, 0.15) is 0 Å². The van der Waals surface area contributed by atoms with E-state index in [9.17, 15) is 9.59 Å². The molecular formula is C21H26N4O2. The highest BCUT2D eigenvalue weighted by Crippen LogP contribution is 2.37. The van der Waals surface area contributed by atoms with E-state index >= 15 is 0 Å². The summed E-state index contributed by atoms with van der Waals surface area (Å²) in [5.41, 5.74) is 1.04. The maximum atomic E-state index is 13.3. The average Bonchev–Trinajstić information content (AvgIpc) is 2.64. The second-order valence-corrected chi connectivity index (χ2v) is 8.03. The Morgan fingerprint density at radius 1 is 1.00 bits per heavy atom. The molecule has 0 bridgehead atoms. The van der Waals surface area contributed by atoms with Gasteiger partial charge in [-0.1, -0.05) is 26.7 Å². The van der Waals surface area contributed by atoms with Crippen LogP contribution in [0.1, 0.15) is 39.2 Å². The van der Waals surface area contributed by atoms with E-state index in [2.05, 4.69) is 18.8 Å². The van der Waals surface area contributed by atoms with E-state index in [0.717, 1.165) is 12.8 Å². The van der Waals surface area contributed by atoms with Crippen LogP contribution < -0.4 is 16.1 Å². The fourth-order valence-electron chi connectivity index (χ4n) is 4.35. The number of pyridine rings is 3. The Labute approximate surface area is 158 Å². The van der Waals surface area contributed by atoms with Crippen LogP contribution >= 0.6 is 0 Å². The lowest BCUT2D eigenvalue weighted by atomic mass is 9.78. The fourth-order valence-corrected chi connectivity index (χ4v) is 4.35. The molecule has 0 aliphatic heterocycles. The van der Waals surface area contributed by atoms with E-state index in [0.29, 0.717) is 33.6 Å². The van der Waals surface area contributed by atoms with Crippen LogP contribution in [0.25, 0.3) is 21.8 Å². The summed E-state index contributed by atoms with van der Waals surface area (Å²) in [4.78, 5) is 30.6. The molecule has 3 atom stereocenters. The SMILES string of the molecule is C[C@@H]1[C@H](C)CCC[C@@H]1n1ccc2nc3ccn(N(C)C)c(=O)c3cc2c1=O. The minimum atomic E-state index is -0.165. The first kappa shape index (κ1) is 17.8. The Hall–Kier alpha value is -2.63. The largest absolute Gasteiger partial charge is 0.316 e. The molecule has 27 heavy (non-hydrogen) atoms. The highest BCUT2D eigenvalue weighted by molar-refractivity contribution is 5.91. The number of hydrogen-bond donors (Lipinski definition) is 0. The minimum absolute atomic E-state index is 0.0486. The molecule has 142 valence electrons. The van der Waals surface area contributed by atoms with E-state index in [-0.39, 0.29) is 17.2 Å². The van der Waals surface area contributed by atoms with Gasteiger partial charge < -0.3 is 9.58 Å². The van der Waals surface area contributed by atoms with Crippen molar-refractivity contribution in [3.8, 4) is 0 Å². The molecule has 3 aromatic heterocycles. The molecule has 4 rings (SSSR count). The van der Waals surface area contributed by atoms with Crippen LogP contribution in [0.15, 0.2) is 40.2 Å². The maximum Gasteiger partial charge on any atom is 0.278 e. The second-order valence-electron chi connectivity index (χ2n) is 8.03. The zero-order valence-electron chi connectivity index (χ0n) is 16.3. The third-order valence-corrected chi connectivity index (χ3v) is 6.20. The lowest BCUT2D eigenvalue weighted by molar-refractivity contribution is 0.183. The molecule has 0 amide bonds. The Morgan fingerprint density at radius 2 is 1.67 bits per heavy atom. The number of hydrogen-bond acceptors (Lipinski definition) is 4. The minimum Gasteiger partial charge on any atom is -0.316 e. The summed E-state index contributed by atoms with van der Waals surface area (Å²) in [6.45, 7) is 4.50. The standard InChI is InChI=1S/C21H26N4O2/c1-13-6-5-7-19(14(13)2)24-10-8-17-15(20(24)26)12-16-18(22-17)9-11-25(21(16)27)23(3)4/h8-14,19H,5-7H2,1-4H3/t13-,14-,19+/m1/s1. The lowest BCUT2D eigenvalue weighted by Gasteiger charge is -2.35. The molecule has 1 aliphatic carbocycles. The molecule has 0 aromatic carbocycles.